The summed E-state index contributed by atoms with van der Waals surface area (Å²) in [5, 5.41) is 7.95. The molecule has 5 nitrogen and oxygen atoms in total. The maximum atomic E-state index is 13.5. The van der Waals surface area contributed by atoms with Gasteiger partial charge in [-0.25, -0.2) is 9.50 Å². The average Bonchev–Trinajstić information content (AvgIpc) is 3.22. The number of amides is 1. The van der Waals surface area contributed by atoms with Crippen LogP contribution in [0.1, 0.15) is 38.9 Å². The molecule has 0 saturated heterocycles. The minimum atomic E-state index is -0.162. The second kappa shape index (κ2) is 9.32. The first-order valence-electron chi connectivity index (χ1n) is 11.4. The van der Waals surface area contributed by atoms with Crippen molar-refractivity contribution in [2.24, 2.45) is 0 Å². The largest absolute Gasteiger partial charge is 0.345 e. The van der Waals surface area contributed by atoms with E-state index in [1.807, 2.05) is 80.6 Å². The van der Waals surface area contributed by atoms with Crippen molar-refractivity contribution < 1.29 is 4.79 Å². The Morgan fingerprint density at radius 3 is 2.18 bits per heavy atom. The normalized spacial score (nSPS) is 11.9. The SMILES string of the molecule is Cc1nn2c(C)c(C(=O)N[C@H](Cc3ccccc3)c3ccccc3)cnc2c1-c1ccccc1. The van der Waals surface area contributed by atoms with Gasteiger partial charge < -0.3 is 5.32 Å². The molecule has 1 amide bonds. The van der Waals surface area contributed by atoms with Crippen molar-refractivity contribution >= 4 is 11.6 Å². The molecule has 5 aromatic rings. The Balaban J connectivity index is 1.49. The molecule has 168 valence electrons. The van der Waals surface area contributed by atoms with Gasteiger partial charge in [-0.3, -0.25) is 4.79 Å². The summed E-state index contributed by atoms with van der Waals surface area (Å²) >= 11 is 0. The summed E-state index contributed by atoms with van der Waals surface area (Å²) in [6.45, 7) is 3.89. The first-order chi connectivity index (χ1) is 16.6. The predicted octanol–water partition coefficient (Wildman–Crippen LogP) is 5.73. The third-order valence-corrected chi connectivity index (χ3v) is 6.16. The maximum absolute atomic E-state index is 13.5. The van der Waals surface area contributed by atoms with E-state index >= 15 is 0 Å². The van der Waals surface area contributed by atoms with Crippen LogP contribution in [0.2, 0.25) is 0 Å². The Morgan fingerprint density at radius 2 is 1.50 bits per heavy atom. The van der Waals surface area contributed by atoms with Gasteiger partial charge in [0, 0.05) is 11.8 Å². The van der Waals surface area contributed by atoms with Crippen LogP contribution in [0.4, 0.5) is 0 Å². The van der Waals surface area contributed by atoms with Gasteiger partial charge in [0.2, 0.25) is 0 Å². The van der Waals surface area contributed by atoms with Crippen LogP contribution in [0.3, 0.4) is 0 Å². The molecular weight excluding hydrogens is 420 g/mol. The Kier molecular flexibility index (Phi) is 5.91. The smallest absolute Gasteiger partial charge is 0.255 e. The summed E-state index contributed by atoms with van der Waals surface area (Å²) in [6.07, 6.45) is 2.36. The van der Waals surface area contributed by atoms with Crippen LogP contribution in [-0.4, -0.2) is 20.5 Å². The molecule has 3 aromatic carbocycles. The predicted molar refractivity (Wildman–Crippen MR) is 135 cm³/mol. The van der Waals surface area contributed by atoms with Gasteiger partial charge in [0.15, 0.2) is 5.65 Å². The van der Waals surface area contributed by atoms with Crippen LogP contribution < -0.4 is 5.32 Å². The van der Waals surface area contributed by atoms with E-state index in [2.05, 4.69) is 34.6 Å². The third kappa shape index (κ3) is 4.20. The molecule has 0 unspecified atom stereocenters. The first kappa shape index (κ1) is 21.6. The number of aryl methyl sites for hydroxylation is 2. The van der Waals surface area contributed by atoms with Crippen molar-refractivity contribution in [3.63, 3.8) is 0 Å². The number of hydrogen-bond donors (Lipinski definition) is 1. The van der Waals surface area contributed by atoms with Gasteiger partial charge >= 0.3 is 0 Å². The summed E-state index contributed by atoms with van der Waals surface area (Å²) < 4.78 is 1.78. The molecule has 2 heterocycles. The monoisotopic (exact) mass is 446 g/mol. The molecule has 34 heavy (non-hydrogen) atoms. The van der Waals surface area contributed by atoms with Crippen LogP contribution in [0.15, 0.2) is 97.2 Å². The minimum Gasteiger partial charge on any atom is -0.345 e. The average molecular weight is 447 g/mol. The fraction of sp³-hybridized carbons (Fsp3) is 0.138. The lowest BCUT2D eigenvalue weighted by atomic mass is 9.98. The summed E-state index contributed by atoms with van der Waals surface area (Å²) in [4.78, 5) is 18.1. The van der Waals surface area contributed by atoms with Crippen LogP contribution in [-0.2, 0) is 6.42 Å². The quantitative estimate of drug-likeness (QED) is 0.363. The second-order valence-corrected chi connectivity index (χ2v) is 8.45. The zero-order chi connectivity index (χ0) is 23.5. The molecule has 5 heteroatoms. The van der Waals surface area contributed by atoms with Crippen LogP contribution in [0, 0.1) is 13.8 Å². The molecule has 0 aliphatic rings. The number of carbonyl (C=O) groups is 1. The van der Waals surface area contributed by atoms with E-state index < -0.39 is 0 Å². The first-order valence-corrected chi connectivity index (χ1v) is 11.4. The minimum absolute atomic E-state index is 0.161. The van der Waals surface area contributed by atoms with Gasteiger partial charge in [-0.05, 0) is 37.0 Å². The van der Waals surface area contributed by atoms with Gasteiger partial charge in [-0.15, -0.1) is 0 Å². The topological polar surface area (TPSA) is 59.3 Å². The standard InChI is InChI=1S/C29H26N4O/c1-20-27(24-16-10-5-11-17-24)28-30-19-25(21(2)33(28)32-20)29(34)31-26(23-14-8-4-9-15-23)18-22-12-6-3-7-13-22/h3-17,19,26H,18H2,1-2H3,(H,31,34)/t26-/m1/s1. The maximum Gasteiger partial charge on any atom is 0.255 e. The van der Waals surface area contributed by atoms with Gasteiger partial charge in [0.25, 0.3) is 5.91 Å². The Bertz CT molecular complexity index is 1430. The van der Waals surface area contributed by atoms with Crippen LogP contribution in [0.25, 0.3) is 16.8 Å². The molecule has 1 N–H and O–H groups in total. The van der Waals surface area contributed by atoms with E-state index in [1.165, 1.54) is 0 Å². The number of carbonyl (C=O) groups excluding carboxylic acids is 1. The fourth-order valence-corrected chi connectivity index (χ4v) is 4.39. The summed E-state index contributed by atoms with van der Waals surface area (Å²) in [7, 11) is 0. The molecule has 2 aromatic heterocycles. The number of hydrogen-bond acceptors (Lipinski definition) is 3. The van der Waals surface area contributed by atoms with E-state index in [0.29, 0.717) is 12.0 Å². The number of rotatable bonds is 6. The highest BCUT2D eigenvalue weighted by Gasteiger charge is 2.21. The molecular formula is C29H26N4O. The van der Waals surface area contributed by atoms with Gasteiger partial charge in [0.05, 0.1) is 23.0 Å². The highest BCUT2D eigenvalue weighted by Crippen LogP contribution is 2.28. The number of fused-ring (bicyclic) bond motifs is 1. The number of aromatic nitrogens is 3. The van der Waals surface area contributed by atoms with Crippen LogP contribution in [0.5, 0.6) is 0 Å². The zero-order valence-electron chi connectivity index (χ0n) is 19.3. The van der Waals surface area contributed by atoms with E-state index in [0.717, 1.165) is 39.3 Å². The molecule has 0 bridgehead atoms. The van der Waals surface area contributed by atoms with E-state index in [9.17, 15) is 4.79 Å². The fourth-order valence-electron chi connectivity index (χ4n) is 4.39. The van der Waals surface area contributed by atoms with Crippen molar-refractivity contribution in [2.45, 2.75) is 26.3 Å². The van der Waals surface area contributed by atoms with E-state index in [4.69, 9.17) is 5.10 Å². The van der Waals surface area contributed by atoms with E-state index in [-0.39, 0.29) is 11.9 Å². The molecule has 0 aliphatic carbocycles. The van der Waals surface area contributed by atoms with Crippen molar-refractivity contribution in [3.8, 4) is 11.1 Å². The van der Waals surface area contributed by atoms with Crippen molar-refractivity contribution in [2.75, 3.05) is 0 Å². The molecule has 0 saturated carbocycles. The summed E-state index contributed by atoms with van der Waals surface area (Å²) in [6, 6.07) is 30.2. The summed E-state index contributed by atoms with van der Waals surface area (Å²) in [5.74, 6) is -0.161. The van der Waals surface area contributed by atoms with E-state index in [1.54, 1.807) is 10.7 Å². The Hall–Kier alpha value is -4.25. The van der Waals surface area contributed by atoms with Gasteiger partial charge in [0.1, 0.15) is 0 Å². The molecule has 0 aliphatic heterocycles. The zero-order valence-corrected chi connectivity index (χ0v) is 19.3. The van der Waals surface area contributed by atoms with Crippen molar-refractivity contribution in [1.29, 1.82) is 0 Å². The third-order valence-electron chi connectivity index (χ3n) is 6.16. The molecule has 0 spiro atoms. The summed E-state index contributed by atoms with van der Waals surface area (Å²) in [5.41, 5.74) is 7.19. The van der Waals surface area contributed by atoms with Gasteiger partial charge in [-0.1, -0.05) is 91.0 Å². The lowest BCUT2D eigenvalue weighted by Crippen LogP contribution is -2.31. The van der Waals surface area contributed by atoms with Crippen molar-refractivity contribution in [1.82, 2.24) is 19.9 Å². The Morgan fingerprint density at radius 1 is 0.882 bits per heavy atom. The lowest BCUT2D eigenvalue weighted by Gasteiger charge is -2.20. The molecule has 1 atom stereocenters. The second-order valence-electron chi connectivity index (χ2n) is 8.45. The number of benzene rings is 3. The number of nitrogens with zero attached hydrogens (tertiary/aromatic N) is 3. The molecule has 0 radical (unpaired) electrons. The highest BCUT2D eigenvalue weighted by molar-refractivity contribution is 5.96. The lowest BCUT2D eigenvalue weighted by molar-refractivity contribution is 0.0935. The van der Waals surface area contributed by atoms with Crippen molar-refractivity contribution in [3.05, 3.63) is 125 Å². The Labute approximate surface area is 199 Å². The highest BCUT2D eigenvalue weighted by atomic mass is 16.1. The molecule has 5 rings (SSSR count). The van der Waals surface area contributed by atoms with Crippen LogP contribution >= 0.6 is 0 Å². The van der Waals surface area contributed by atoms with Gasteiger partial charge in [-0.2, -0.15) is 5.10 Å². The number of nitrogens with one attached hydrogen (secondary N) is 1. The molecule has 0 fully saturated rings.